The molecule has 0 radical (unpaired) electrons. The highest BCUT2D eigenvalue weighted by atomic mass is 35.5. The fraction of sp³-hybridized carbons (Fsp3) is 0.190. The Morgan fingerprint density at radius 3 is 2.82 bits per heavy atom. The van der Waals surface area contributed by atoms with Crippen LogP contribution in [0.15, 0.2) is 58.3 Å². The van der Waals surface area contributed by atoms with Crippen LogP contribution >= 0.6 is 22.9 Å². The van der Waals surface area contributed by atoms with Gasteiger partial charge in [-0.15, -0.1) is 0 Å². The molecule has 0 unspecified atom stereocenters. The Morgan fingerprint density at radius 1 is 1.04 bits per heavy atom. The first-order valence-corrected chi connectivity index (χ1v) is 10.3. The molecule has 6 rings (SSSR count). The van der Waals surface area contributed by atoms with Gasteiger partial charge in [0.2, 0.25) is 13.0 Å². The van der Waals surface area contributed by atoms with Crippen LogP contribution in [0.1, 0.15) is 35.4 Å². The SMILES string of the molecule is Clc1ccc2c(c1)[C@H]1CC(c3ccc4c(c3)OCO4)=NN1[C@@H](c1ccsc1)O2. The lowest BCUT2D eigenvalue weighted by atomic mass is 9.96. The fourth-order valence-electron chi connectivity index (χ4n) is 3.94. The van der Waals surface area contributed by atoms with E-state index in [-0.39, 0.29) is 19.1 Å². The van der Waals surface area contributed by atoms with Crippen molar-refractivity contribution in [3.8, 4) is 17.2 Å². The molecule has 28 heavy (non-hydrogen) atoms. The summed E-state index contributed by atoms with van der Waals surface area (Å²) < 4.78 is 17.3. The number of hydrogen-bond donors (Lipinski definition) is 0. The molecule has 2 aromatic carbocycles. The summed E-state index contributed by atoms with van der Waals surface area (Å²) >= 11 is 7.94. The van der Waals surface area contributed by atoms with Crippen LogP contribution in [0.4, 0.5) is 0 Å². The van der Waals surface area contributed by atoms with Gasteiger partial charge in [-0.05, 0) is 53.2 Å². The van der Waals surface area contributed by atoms with Gasteiger partial charge in [-0.3, -0.25) is 0 Å². The minimum atomic E-state index is -0.253. The van der Waals surface area contributed by atoms with Gasteiger partial charge < -0.3 is 14.2 Å². The van der Waals surface area contributed by atoms with Crippen LogP contribution in [0.2, 0.25) is 5.02 Å². The molecule has 0 amide bonds. The third kappa shape index (κ3) is 2.48. The van der Waals surface area contributed by atoms with Gasteiger partial charge in [-0.2, -0.15) is 16.4 Å². The quantitative estimate of drug-likeness (QED) is 0.569. The number of hydrogen-bond acceptors (Lipinski definition) is 6. The molecular formula is C21H15ClN2O3S. The largest absolute Gasteiger partial charge is 0.464 e. The second-order valence-electron chi connectivity index (χ2n) is 6.92. The second kappa shape index (κ2) is 6.15. The minimum Gasteiger partial charge on any atom is -0.464 e. The number of ether oxygens (including phenoxy) is 3. The number of benzene rings is 2. The number of hydrazone groups is 1. The molecule has 140 valence electrons. The predicted molar refractivity (Wildman–Crippen MR) is 107 cm³/mol. The van der Waals surface area contributed by atoms with Crippen LogP contribution in [-0.4, -0.2) is 17.5 Å². The van der Waals surface area contributed by atoms with Gasteiger partial charge in [0.25, 0.3) is 0 Å². The van der Waals surface area contributed by atoms with E-state index in [0.717, 1.165) is 46.1 Å². The Morgan fingerprint density at radius 2 is 1.93 bits per heavy atom. The van der Waals surface area contributed by atoms with E-state index >= 15 is 0 Å². The molecule has 7 heteroatoms. The first-order chi connectivity index (χ1) is 13.8. The zero-order valence-corrected chi connectivity index (χ0v) is 16.2. The molecule has 0 fully saturated rings. The third-order valence-corrected chi connectivity index (χ3v) is 6.22. The van der Waals surface area contributed by atoms with Gasteiger partial charge >= 0.3 is 0 Å². The van der Waals surface area contributed by atoms with Crippen molar-refractivity contribution in [3.05, 3.63) is 74.9 Å². The molecule has 0 aliphatic carbocycles. The van der Waals surface area contributed by atoms with E-state index < -0.39 is 0 Å². The highest BCUT2D eigenvalue weighted by Gasteiger charge is 2.41. The maximum atomic E-state index is 6.33. The lowest BCUT2D eigenvalue weighted by Gasteiger charge is -2.37. The van der Waals surface area contributed by atoms with Crippen LogP contribution in [0.5, 0.6) is 17.2 Å². The molecule has 0 saturated carbocycles. The van der Waals surface area contributed by atoms with Crippen molar-refractivity contribution >= 4 is 28.6 Å². The lowest BCUT2D eigenvalue weighted by Crippen LogP contribution is -2.33. The monoisotopic (exact) mass is 410 g/mol. The number of halogens is 1. The first-order valence-electron chi connectivity index (χ1n) is 9.00. The number of rotatable bonds is 2. The van der Waals surface area contributed by atoms with E-state index in [1.807, 2.05) is 36.4 Å². The Balaban J connectivity index is 1.44. The summed E-state index contributed by atoms with van der Waals surface area (Å²) in [6, 6.07) is 13.9. The maximum absolute atomic E-state index is 6.33. The summed E-state index contributed by atoms with van der Waals surface area (Å²) in [4.78, 5) is 0. The van der Waals surface area contributed by atoms with Crippen molar-refractivity contribution in [2.75, 3.05) is 6.79 Å². The van der Waals surface area contributed by atoms with Crippen LogP contribution in [0.3, 0.4) is 0 Å². The Hall–Kier alpha value is -2.70. The topological polar surface area (TPSA) is 43.3 Å². The van der Waals surface area contributed by atoms with Crippen molar-refractivity contribution in [3.63, 3.8) is 0 Å². The summed E-state index contributed by atoms with van der Waals surface area (Å²) in [6.45, 7) is 0.264. The summed E-state index contributed by atoms with van der Waals surface area (Å²) in [5, 5.41) is 11.9. The summed E-state index contributed by atoms with van der Waals surface area (Å²) in [5.41, 5.74) is 4.20. The van der Waals surface area contributed by atoms with E-state index in [2.05, 4.69) is 21.8 Å². The Bertz CT molecular complexity index is 1100. The molecule has 0 spiro atoms. The Labute approximate surface area is 170 Å². The zero-order chi connectivity index (χ0) is 18.7. The standard InChI is InChI=1S/C21H15ClN2O3S/c22-14-2-4-18-15(8-14)17-9-16(12-1-3-19-20(7-12)26-11-25-19)23-24(17)21(27-18)13-5-6-28-10-13/h1-8,10,17,21H,9,11H2/t17-,21-/m1/s1. The molecule has 0 N–H and O–H groups in total. The van der Waals surface area contributed by atoms with Crippen LogP contribution < -0.4 is 14.2 Å². The van der Waals surface area contributed by atoms with Crippen LogP contribution in [0, 0.1) is 0 Å². The van der Waals surface area contributed by atoms with E-state index in [1.165, 1.54) is 0 Å². The molecule has 0 saturated heterocycles. The zero-order valence-electron chi connectivity index (χ0n) is 14.7. The maximum Gasteiger partial charge on any atom is 0.231 e. The molecule has 3 aromatic rings. The highest BCUT2D eigenvalue weighted by Crippen LogP contribution is 2.48. The average Bonchev–Trinajstić information content (AvgIpc) is 3.46. The van der Waals surface area contributed by atoms with Crippen LogP contribution in [0.25, 0.3) is 0 Å². The highest BCUT2D eigenvalue weighted by molar-refractivity contribution is 7.07. The molecule has 4 heterocycles. The van der Waals surface area contributed by atoms with E-state index in [4.69, 9.17) is 30.9 Å². The Kier molecular flexibility index (Phi) is 3.58. The van der Waals surface area contributed by atoms with E-state index in [9.17, 15) is 0 Å². The van der Waals surface area contributed by atoms with Gasteiger partial charge in [0, 0.05) is 28.1 Å². The van der Waals surface area contributed by atoms with Gasteiger partial charge in [-0.1, -0.05) is 11.6 Å². The number of thiophene rings is 1. The molecule has 0 bridgehead atoms. The van der Waals surface area contributed by atoms with Gasteiger partial charge in [0.15, 0.2) is 11.5 Å². The van der Waals surface area contributed by atoms with E-state index in [1.54, 1.807) is 11.3 Å². The first kappa shape index (κ1) is 16.3. The second-order valence-corrected chi connectivity index (χ2v) is 8.14. The molecule has 1 aromatic heterocycles. The van der Waals surface area contributed by atoms with Gasteiger partial charge in [-0.25, -0.2) is 5.01 Å². The van der Waals surface area contributed by atoms with Crippen molar-refractivity contribution in [1.29, 1.82) is 0 Å². The molecular weight excluding hydrogens is 396 g/mol. The molecule has 3 aliphatic rings. The van der Waals surface area contributed by atoms with Crippen molar-refractivity contribution in [2.45, 2.75) is 18.7 Å². The summed E-state index contributed by atoms with van der Waals surface area (Å²) in [7, 11) is 0. The van der Waals surface area contributed by atoms with Gasteiger partial charge in [0.1, 0.15) is 5.75 Å². The van der Waals surface area contributed by atoms with Crippen molar-refractivity contribution < 1.29 is 14.2 Å². The van der Waals surface area contributed by atoms with Crippen molar-refractivity contribution in [1.82, 2.24) is 5.01 Å². The smallest absolute Gasteiger partial charge is 0.231 e. The predicted octanol–water partition coefficient (Wildman–Crippen LogP) is 5.37. The molecule has 3 aliphatic heterocycles. The lowest BCUT2D eigenvalue weighted by molar-refractivity contribution is -0.0187. The van der Waals surface area contributed by atoms with Gasteiger partial charge in [0.05, 0.1) is 11.8 Å². The number of fused-ring (bicyclic) bond motifs is 4. The molecule has 2 atom stereocenters. The average molecular weight is 411 g/mol. The van der Waals surface area contributed by atoms with Crippen LogP contribution in [-0.2, 0) is 0 Å². The normalized spacial score (nSPS) is 21.8. The van der Waals surface area contributed by atoms with Crippen molar-refractivity contribution in [2.24, 2.45) is 5.10 Å². The molecule has 5 nitrogen and oxygen atoms in total. The summed E-state index contributed by atoms with van der Waals surface area (Å²) in [5.74, 6) is 2.40. The summed E-state index contributed by atoms with van der Waals surface area (Å²) in [6.07, 6.45) is 0.521. The van der Waals surface area contributed by atoms with E-state index in [0.29, 0.717) is 5.02 Å². The third-order valence-electron chi connectivity index (χ3n) is 5.29. The number of nitrogens with zero attached hydrogens (tertiary/aromatic N) is 2. The fourth-order valence-corrected chi connectivity index (χ4v) is 4.79. The minimum absolute atomic E-state index is 0.0766.